The molecule has 0 spiro atoms. The molecule has 1 aliphatic carbocycles. The third kappa shape index (κ3) is 4.34. The summed E-state index contributed by atoms with van der Waals surface area (Å²) >= 11 is 1.48. The molecule has 2 N–H and O–H groups in total. The average Bonchev–Trinajstić information content (AvgIpc) is 3.65. The van der Waals surface area contributed by atoms with Gasteiger partial charge in [-0.1, -0.05) is 5.16 Å². The molecule has 0 bridgehead atoms. The van der Waals surface area contributed by atoms with Crippen LogP contribution in [0, 0.1) is 0 Å². The number of carbonyl (C=O) groups is 2. The molecule has 1 fully saturated rings. The maximum absolute atomic E-state index is 13.1. The summed E-state index contributed by atoms with van der Waals surface area (Å²) in [5.41, 5.74) is 3.75. The molecule has 8 nitrogen and oxygen atoms in total. The van der Waals surface area contributed by atoms with E-state index in [0.29, 0.717) is 22.9 Å². The Morgan fingerprint density at radius 1 is 1.17 bits per heavy atom. The minimum absolute atomic E-state index is 0.0613. The quantitative estimate of drug-likeness (QED) is 0.529. The molecule has 0 radical (unpaired) electrons. The van der Waals surface area contributed by atoms with Crippen molar-refractivity contribution >= 4 is 28.2 Å². The summed E-state index contributed by atoms with van der Waals surface area (Å²) in [5, 5.41) is 10.5. The zero-order valence-corrected chi connectivity index (χ0v) is 20.3. The highest BCUT2D eigenvalue weighted by Gasteiger charge is 2.29. The lowest BCUT2D eigenvalue weighted by Crippen LogP contribution is -2.32. The summed E-state index contributed by atoms with van der Waals surface area (Å²) in [4.78, 5) is 27.3. The minimum atomic E-state index is -0.397. The first-order valence-electron chi connectivity index (χ1n) is 12.2. The van der Waals surface area contributed by atoms with Gasteiger partial charge < -0.3 is 24.6 Å². The number of amides is 2. The van der Waals surface area contributed by atoms with Crippen molar-refractivity contribution in [1.29, 1.82) is 0 Å². The van der Waals surface area contributed by atoms with Gasteiger partial charge in [-0.15, -0.1) is 11.3 Å². The van der Waals surface area contributed by atoms with Crippen LogP contribution < -0.4 is 15.4 Å². The van der Waals surface area contributed by atoms with Crippen molar-refractivity contribution in [2.45, 2.75) is 57.7 Å². The lowest BCUT2D eigenvalue weighted by molar-refractivity contribution is 0.0858. The number of hydrogen-bond acceptors (Lipinski definition) is 7. The standard InChI is InChI=1S/C26H27N3O5S/c1-14-10-16-11-15(7-8-20(16)33-14)21-12-19(29-34-21)24(30)28-26-23(18-5-2-6-22(18)35-26)25(31)27-13-17-4-3-9-32-17/h7-8,11-12,14,17H,2-6,9-10,13H2,1H3,(H,27,31)(H,28,30)/t14-,17+/m1/s1. The smallest absolute Gasteiger partial charge is 0.278 e. The van der Waals surface area contributed by atoms with Crippen LogP contribution in [-0.2, 0) is 24.0 Å². The largest absolute Gasteiger partial charge is 0.490 e. The molecule has 1 saturated heterocycles. The first-order chi connectivity index (χ1) is 17.0. The highest BCUT2D eigenvalue weighted by atomic mass is 32.1. The van der Waals surface area contributed by atoms with Crippen LogP contribution in [0.1, 0.15) is 63.0 Å². The van der Waals surface area contributed by atoms with E-state index in [2.05, 4.69) is 15.8 Å². The lowest BCUT2D eigenvalue weighted by Gasteiger charge is -2.12. The molecule has 2 amide bonds. The normalized spacial score (nSPS) is 20.4. The van der Waals surface area contributed by atoms with Gasteiger partial charge in [0.05, 0.1) is 11.7 Å². The highest BCUT2D eigenvalue weighted by molar-refractivity contribution is 7.17. The summed E-state index contributed by atoms with van der Waals surface area (Å²) in [6.07, 6.45) is 5.83. The van der Waals surface area contributed by atoms with Gasteiger partial charge in [-0.2, -0.15) is 0 Å². The number of thiophene rings is 1. The summed E-state index contributed by atoms with van der Waals surface area (Å²) < 4.78 is 16.9. The molecule has 1 aromatic carbocycles. The van der Waals surface area contributed by atoms with Crippen molar-refractivity contribution in [3.05, 3.63) is 51.5 Å². The molecule has 2 atom stereocenters. The van der Waals surface area contributed by atoms with E-state index in [9.17, 15) is 9.59 Å². The fourth-order valence-corrected chi connectivity index (χ4v) is 6.38. The summed E-state index contributed by atoms with van der Waals surface area (Å²) in [5.74, 6) is 0.840. The van der Waals surface area contributed by atoms with Crippen LogP contribution in [-0.4, -0.2) is 42.3 Å². The van der Waals surface area contributed by atoms with Crippen molar-refractivity contribution in [3.8, 4) is 17.1 Å². The Labute approximate surface area is 207 Å². The van der Waals surface area contributed by atoms with E-state index in [1.54, 1.807) is 6.07 Å². The Hall–Kier alpha value is -3.17. The van der Waals surface area contributed by atoms with Crippen LogP contribution in [0.25, 0.3) is 11.3 Å². The number of ether oxygens (including phenoxy) is 2. The van der Waals surface area contributed by atoms with E-state index in [1.165, 1.54) is 11.3 Å². The number of fused-ring (bicyclic) bond motifs is 2. The monoisotopic (exact) mass is 493 g/mol. The zero-order chi connectivity index (χ0) is 23.9. The van der Waals surface area contributed by atoms with E-state index in [4.69, 9.17) is 14.0 Å². The molecule has 0 saturated carbocycles. The van der Waals surface area contributed by atoms with Crippen LogP contribution in [0.2, 0.25) is 0 Å². The molecule has 0 unspecified atom stereocenters. The molecule has 2 aliphatic heterocycles. The van der Waals surface area contributed by atoms with E-state index in [1.807, 2.05) is 25.1 Å². The SMILES string of the molecule is C[C@@H]1Cc2cc(-c3cc(C(=O)Nc4sc5c(c4C(=O)NC[C@@H]4CCCO4)CCC5)no3)ccc2O1. The number of benzene rings is 1. The van der Waals surface area contributed by atoms with Crippen molar-refractivity contribution < 1.29 is 23.6 Å². The number of rotatable bonds is 6. The van der Waals surface area contributed by atoms with Crippen LogP contribution in [0.5, 0.6) is 5.75 Å². The third-order valence-electron chi connectivity index (χ3n) is 6.81. The molecule has 4 heterocycles. The van der Waals surface area contributed by atoms with Gasteiger partial charge in [-0.25, -0.2) is 0 Å². The number of aromatic nitrogens is 1. The van der Waals surface area contributed by atoms with E-state index in [-0.39, 0.29) is 23.8 Å². The lowest BCUT2D eigenvalue weighted by atomic mass is 10.1. The molecular formula is C26H27N3O5S. The van der Waals surface area contributed by atoms with Gasteiger partial charge in [0.25, 0.3) is 11.8 Å². The Morgan fingerprint density at radius 2 is 2.09 bits per heavy atom. The van der Waals surface area contributed by atoms with Crippen LogP contribution in [0.4, 0.5) is 5.00 Å². The number of carbonyl (C=O) groups excluding carboxylic acids is 2. The van der Waals surface area contributed by atoms with E-state index < -0.39 is 5.91 Å². The average molecular weight is 494 g/mol. The molecule has 3 aromatic rings. The zero-order valence-electron chi connectivity index (χ0n) is 19.5. The second-order valence-corrected chi connectivity index (χ2v) is 10.5. The maximum atomic E-state index is 13.1. The molecule has 9 heteroatoms. The summed E-state index contributed by atoms with van der Waals surface area (Å²) in [6, 6.07) is 7.47. The fraction of sp³-hybridized carbons (Fsp3) is 0.423. The Balaban J connectivity index is 1.19. The van der Waals surface area contributed by atoms with Crippen molar-refractivity contribution in [3.63, 3.8) is 0 Å². The Bertz CT molecular complexity index is 1290. The number of anilines is 1. The third-order valence-corrected chi connectivity index (χ3v) is 8.02. The summed E-state index contributed by atoms with van der Waals surface area (Å²) in [7, 11) is 0. The topological polar surface area (TPSA) is 103 Å². The maximum Gasteiger partial charge on any atom is 0.278 e. The Morgan fingerprint density at radius 3 is 2.94 bits per heavy atom. The molecule has 6 rings (SSSR count). The second-order valence-electron chi connectivity index (χ2n) is 9.39. The van der Waals surface area contributed by atoms with Gasteiger partial charge in [-0.3, -0.25) is 9.59 Å². The van der Waals surface area contributed by atoms with Crippen molar-refractivity contribution in [2.75, 3.05) is 18.5 Å². The van der Waals surface area contributed by atoms with E-state index >= 15 is 0 Å². The number of nitrogens with one attached hydrogen (secondary N) is 2. The number of aryl methyl sites for hydroxylation is 1. The van der Waals surface area contributed by atoms with Gasteiger partial charge in [-0.05, 0) is 68.4 Å². The molecular weight excluding hydrogens is 466 g/mol. The molecule has 2 aromatic heterocycles. The van der Waals surface area contributed by atoms with Crippen molar-refractivity contribution in [1.82, 2.24) is 10.5 Å². The van der Waals surface area contributed by atoms with Gasteiger partial charge in [0, 0.05) is 36.1 Å². The molecule has 182 valence electrons. The van der Waals surface area contributed by atoms with Crippen molar-refractivity contribution in [2.24, 2.45) is 0 Å². The number of hydrogen-bond donors (Lipinski definition) is 2. The second kappa shape index (κ2) is 9.13. The predicted octanol–water partition coefficient (Wildman–Crippen LogP) is 4.38. The highest BCUT2D eigenvalue weighted by Crippen LogP contribution is 2.39. The minimum Gasteiger partial charge on any atom is -0.490 e. The first-order valence-corrected chi connectivity index (χ1v) is 13.0. The van der Waals surface area contributed by atoms with Gasteiger partial charge >= 0.3 is 0 Å². The Kier molecular flexibility index (Phi) is 5.82. The van der Waals surface area contributed by atoms with Crippen LogP contribution in [0.15, 0.2) is 28.8 Å². The van der Waals surface area contributed by atoms with Crippen LogP contribution in [0.3, 0.4) is 0 Å². The van der Waals surface area contributed by atoms with Gasteiger partial charge in [0.2, 0.25) is 0 Å². The fourth-order valence-electron chi connectivity index (χ4n) is 5.09. The molecule has 3 aliphatic rings. The van der Waals surface area contributed by atoms with E-state index in [0.717, 1.165) is 72.4 Å². The van der Waals surface area contributed by atoms with Gasteiger partial charge in [0.15, 0.2) is 11.5 Å². The summed E-state index contributed by atoms with van der Waals surface area (Å²) in [6.45, 7) is 3.26. The molecule has 35 heavy (non-hydrogen) atoms. The van der Waals surface area contributed by atoms with Crippen LogP contribution >= 0.6 is 11.3 Å². The van der Waals surface area contributed by atoms with Gasteiger partial charge in [0.1, 0.15) is 16.9 Å². The predicted molar refractivity (Wildman–Crippen MR) is 131 cm³/mol. The number of nitrogens with zero attached hydrogens (tertiary/aromatic N) is 1. The first kappa shape index (κ1) is 22.3.